The second kappa shape index (κ2) is 8.40. The van der Waals surface area contributed by atoms with Gasteiger partial charge in [-0.2, -0.15) is 0 Å². The molecule has 2 fully saturated rings. The van der Waals surface area contributed by atoms with E-state index < -0.39 is 11.8 Å². The first-order valence-electron chi connectivity index (χ1n) is 10.3. The summed E-state index contributed by atoms with van der Waals surface area (Å²) in [4.78, 5) is 29.5. The fourth-order valence-electron chi connectivity index (χ4n) is 4.07. The molecule has 0 bridgehead atoms. The third kappa shape index (κ3) is 4.14. The number of nitrogens with one attached hydrogen (secondary N) is 1. The number of amides is 2. The van der Waals surface area contributed by atoms with Gasteiger partial charge >= 0.3 is 0 Å². The van der Waals surface area contributed by atoms with Crippen molar-refractivity contribution in [1.82, 2.24) is 5.32 Å². The monoisotopic (exact) mass is 419 g/mol. The molecule has 30 heavy (non-hydrogen) atoms. The molecule has 0 atom stereocenters. The number of benzene rings is 2. The zero-order valence-electron chi connectivity index (χ0n) is 17.3. The van der Waals surface area contributed by atoms with Gasteiger partial charge in [0, 0.05) is 18.8 Å². The van der Waals surface area contributed by atoms with Gasteiger partial charge in [0.15, 0.2) is 5.11 Å². The third-order valence-corrected chi connectivity index (χ3v) is 5.78. The van der Waals surface area contributed by atoms with E-state index in [1.807, 2.05) is 44.2 Å². The summed E-state index contributed by atoms with van der Waals surface area (Å²) in [6.07, 6.45) is 5.36. The minimum absolute atomic E-state index is 0.0773. The van der Waals surface area contributed by atoms with Gasteiger partial charge < -0.3 is 4.90 Å². The predicted molar refractivity (Wildman–Crippen MR) is 125 cm³/mol. The number of nitrogens with zero attached hydrogens (tertiary/aromatic N) is 2. The first kappa shape index (κ1) is 20.3. The van der Waals surface area contributed by atoms with Crippen LogP contribution < -0.4 is 15.1 Å². The molecule has 0 saturated carbocycles. The highest BCUT2D eigenvalue weighted by atomic mass is 32.1. The van der Waals surface area contributed by atoms with Gasteiger partial charge in [-0.3, -0.25) is 19.8 Å². The zero-order valence-corrected chi connectivity index (χ0v) is 18.1. The molecule has 2 heterocycles. The van der Waals surface area contributed by atoms with Crippen LogP contribution in [0.15, 0.2) is 48.0 Å². The molecule has 2 aliphatic heterocycles. The van der Waals surface area contributed by atoms with Gasteiger partial charge in [0.05, 0.1) is 5.69 Å². The summed E-state index contributed by atoms with van der Waals surface area (Å²) < 4.78 is 0. The molecule has 0 aromatic heterocycles. The summed E-state index contributed by atoms with van der Waals surface area (Å²) in [6.45, 7) is 6.08. The lowest BCUT2D eigenvalue weighted by atomic mass is 10.0. The van der Waals surface area contributed by atoms with E-state index in [1.54, 1.807) is 6.08 Å². The lowest BCUT2D eigenvalue weighted by Gasteiger charge is -2.29. The number of carbonyl (C=O) groups is 2. The molecule has 2 aliphatic rings. The Bertz CT molecular complexity index is 1020. The van der Waals surface area contributed by atoms with Gasteiger partial charge in [0.1, 0.15) is 5.57 Å². The van der Waals surface area contributed by atoms with E-state index >= 15 is 0 Å². The maximum Gasteiger partial charge on any atom is 0.270 e. The highest BCUT2D eigenvalue weighted by Gasteiger charge is 2.34. The van der Waals surface area contributed by atoms with Crippen LogP contribution in [0, 0.1) is 13.8 Å². The fraction of sp³-hybridized carbons (Fsp3) is 0.292. The molecule has 2 amide bonds. The first-order chi connectivity index (χ1) is 14.4. The fourth-order valence-corrected chi connectivity index (χ4v) is 4.35. The van der Waals surface area contributed by atoms with E-state index in [1.165, 1.54) is 29.8 Å². The summed E-state index contributed by atoms with van der Waals surface area (Å²) in [5, 5.41) is 2.76. The Morgan fingerprint density at radius 2 is 1.53 bits per heavy atom. The minimum atomic E-state index is -0.467. The van der Waals surface area contributed by atoms with Gasteiger partial charge in [-0.25, -0.2) is 0 Å². The zero-order chi connectivity index (χ0) is 21.3. The van der Waals surface area contributed by atoms with E-state index in [0.29, 0.717) is 5.69 Å². The standard InChI is InChI=1S/C24H25N3O2S/c1-16-12-17(2)14-20(13-16)27-23(29)21(22(28)25-24(27)30)15-18-6-8-19(9-7-18)26-10-4-3-5-11-26/h6-9,12-15H,3-5,10-11H2,1-2H3,(H,25,28,30)/b21-15-. The number of rotatable bonds is 3. The highest BCUT2D eigenvalue weighted by Crippen LogP contribution is 2.25. The molecular formula is C24H25N3O2S. The van der Waals surface area contributed by atoms with Crippen molar-refractivity contribution in [3.05, 3.63) is 64.7 Å². The molecule has 6 heteroatoms. The number of anilines is 2. The van der Waals surface area contributed by atoms with Gasteiger partial charge in [0.25, 0.3) is 11.8 Å². The van der Waals surface area contributed by atoms with Crippen LogP contribution >= 0.6 is 12.2 Å². The molecule has 5 nitrogen and oxygen atoms in total. The molecule has 1 N–H and O–H groups in total. The van der Waals surface area contributed by atoms with Gasteiger partial charge in [-0.05, 0) is 92.4 Å². The van der Waals surface area contributed by atoms with Crippen molar-refractivity contribution in [2.75, 3.05) is 22.9 Å². The molecule has 0 radical (unpaired) electrons. The molecule has 0 aliphatic carbocycles. The Hall–Kier alpha value is -2.99. The Labute approximate surface area is 182 Å². The van der Waals surface area contributed by atoms with Crippen molar-refractivity contribution in [2.24, 2.45) is 0 Å². The molecular weight excluding hydrogens is 394 g/mol. The number of aryl methyl sites for hydroxylation is 2. The quantitative estimate of drug-likeness (QED) is 0.462. The van der Waals surface area contributed by atoms with Crippen LogP contribution in [0.3, 0.4) is 0 Å². The average molecular weight is 420 g/mol. The number of piperidine rings is 1. The van der Waals surface area contributed by atoms with Gasteiger partial charge in [0.2, 0.25) is 0 Å². The topological polar surface area (TPSA) is 52.7 Å². The maximum absolute atomic E-state index is 13.2. The van der Waals surface area contributed by atoms with E-state index in [0.717, 1.165) is 29.8 Å². The predicted octanol–water partition coefficient (Wildman–Crippen LogP) is 4.13. The number of thiocarbonyl (C=S) groups is 1. The largest absolute Gasteiger partial charge is 0.372 e. The molecule has 2 aromatic rings. The van der Waals surface area contributed by atoms with E-state index in [-0.39, 0.29) is 10.7 Å². The Morgan fingerprint density at radius 1 is 0.900 bits per heavy atom. The summed E-state index contributed by atoms with van der Waals surface area (Å²) in [6, 6.07) is 13.8. The molecule has 0 unspecified atom stereocenters. The lowest BCUT2D eigenvalue weighted by molar-refractivity contribution is -0.122. The second-order valence-corrected chi connectivity index (χ2v) is 8.33. The van der Waals surface area contributed by atoms with Crippen LogP contribution in [0.4, 0.5) is 11.4 Å². The normalized spacial score (nSPS) is 18.7. The Balaban J connectivity index is 1.62. The third-order valence-electron chi connectivity index (χ3n) is 5.49. The molecule has 2 saturated heterocycles. The minimum Gasteiger partial charge on any atom is -0.372 e. The second-order valence-electron chi connectivity index (χ2n) is 7.94. The number of hydrogen-bond donors (Lipinski definition) is 1. The van der Waals surface area contributed by atoms with E-state index in [2.05, 4.69) is 22.3 Å². The van der Waals surface area contributed by atoms with Crippen molar-refractivity contribution in [2.45, 2.75) is 33.1 Å². The van der Waals surface area contributed by atoms with Gasteiger partial charge in [-0.15, -0.1) is 0 Å². The average Bonchev–Trinajstić information content (AvgIpc) is 2.71. The van der Waals surface area contributed by atoms with E-state index in [9.17, 15) is 9.59 Å². The Kier molecular flexibility index (Phi) is 5.68. The maximum atomic E-state index is 13.2. The van der Waals surface area contributed by atoms with Crippen LogP contribution in [0.25, 0.3) is 6.08 Å². The molecule has 4 rings (SSSR count). The SMILES string of the molecule is Cc1cc(C)cc(N2C(=O)/C(=C\c3ccc(N4CCCCC4)cc3)C(=O)NC2=S)c1. The first-order valence-corrected chi connectivity index (χ1v) is 10.7. The summed E-state index contributed by atoms with van der Waals surface area (Å²) in [7, 11) is 0. The number of hydrogen-bond acceptors (Lipinski definition) is 4. The van der Waals surface area contributed by atoms with Crippen LogP contribution in [0.2, 0.25) is 0 Å². The van der Waals surface area contributed by atoms with Crippen molar-refractivity contribution < 1.29 is 9.59 Å². The molecule has 2 aromatic carbocycles. The smallest absolute Gasteiger partial charge is 0.270 e. The van der Waals surface area contributed by atoms with Crippen molar-refractivity contribution in [3.63, 3.8) is 0 Å². The highest BCUT2D eigenvalue weighted by molar-refractivity contribution is 7.80. The van der Waals surface area contributed by atoms with Crippen molar-refractivity contribution in [1.29, 1.82) is 0 Å². The number of carbonyl (C=O) groups excluding carboxylic acids is 2. The van der Waals surface area contributed by atoms with Crippen LogP contribution in [-0.4, -0.2) is 30.0 Å². The van der Waals surface area contributed by atoms with Crippen molar-refractivity contribution in [3.8, 4) is 0 Å². The molecule has 154 valence electrons. The van der Waals surface area contributed by atoms with E-state index in [4.69, 9.17) is 12.2 Å². The Morgan fingerprint density at radius 3 is 2.17 bits per heavy atom. The van der Waals surface area contributed by atoms with Gasteiger partial charge in [-0.1, -0.05) is 18.2 Å². The summed E-state index contributed by atoms with van der Waals surface area (Å²) in [5.41, 5.74) is 4.77. The summed E-state index contributed by atoms with van der Waals surface area (Å²) in [5.74, 6) is -0.875. The van der Waals surface area contributed by atoms with Crippen molar-refractivity contribution >= 4 is 46.6 Å². The van der Waals surface area contributed by atoms with Crippen LogP contribution in [0.1, 0.15) is 36.0 Å². The molecule has 0 spiro atoms. The summed E-state index contributed by atoms with van der Waals surface area (Å²) >= 11 is 5.30. The van der Waals surface area contributed by atoms with Crippen LogP contribution in [-0.2, 0) is 9.59 Å². The van der Waals surface area contributed by atoms with Crippen LogP contribution in [0.5, 0.6) is 0 Å². The lowest BCUT2D eigenvalue weighted by Crippen LogP contribution is -2.54.